The molecule has 2 bridgehead atoms. The molecule has 3 atom stereocenters. The number of nitrogens with zero attached hydrogens (tertiary/aromatic N) is 3. The van der Waals surface area contributed by atoms with Gasteiger partial charge in [0.2, 0.25) is 0 Å². The topological polar surface area (TPSA) is 47.8 Å². The molecule has 1 aromatic carbocycles. The minimum Gasteiger partial charge on any atom is -0.272 e. The Morgan fingerprint density at radius 2 is 2.21 bits per heavy atom. The van der Waals surface area contributed by atoms with Crippen molar-refractivity contribution in [1.29, 1.82) is 0 Å². The SMILES string of the molecule is C[C@@]1(C(=O)n2nnc3ccccc32)C[C@H]2C=C[C@H]1C2. The molecule has 19 heavy (non-hydrogen) atoms. The van der Waals surface area contributed by atoms with Crippen LogP contribution in [-0.2, 0) is 0 Å². The summed E-state index contributed by atoms with van der Waals surface area (Å²) in [5.74, 6) is 1.000. The first-order valence-electron chi connectivity index (χ1n) is 6.72. The van der Waals surface area contributed by atoms with Gasteiger partial charge < -0.3 is 0 Å². The molecule has 4 rings (SSSR count). The second-order valence-electron chi connectivity index (χ2n) is 5.90. The molecule has 0 radical (unpaired) electrons. The van der Waals surface area contributed by atoms with E-state index in [0.29, 0.717) is 11.8 Å². The highest BCUT2D eigenvalue weighted by molar-refractivity contribution is 5.92. The van der Waals surface area contributed by atoms with Crippen LogP contribution >= 0.6 is 0 Å². The molecule has 0 amide bonds. The summed E-state index contributed by atoms with van der Waals surface area (Å²) in [7, 11) is 0. The third-order valence-electron chi connectivity index (χ3n) is 4.71. The van der Waals surface area contributed by atoms with E-state index in [1.807, 2.05) is 24.3 Å². The molecule has 4 nitrogen and oxygen atoms in total. The van der Waals surface area contributed by atoms with E-state index in [9.17, 15) is 4.79 Å². The lowest BCUT2D eigenvalue weighted by atomic mass is 9.77. The Kier molecular flexibility index (Phi) is 2.03. The fraction of sp³-hybridized carbons (Fsp3) is 0.400. The largest absolute Gasteiger partial charge is 0.272 e. The number of benzene rings is 1. The van der Waals surface area contributed by atoms with E-state index < -0.39 is 0 Å². The van der Waals surface area contributed by atoms with E-state index in [1.165, 1.54) is 4.68 Å². The standard InChI is InChI=1S/C15H15N3O/c1-15(9-10-6-7-11(15)8-10)14(19)18-13-5-3-2-4-12(13)16-17-18/h2-7,10-11H,8-9H2,1H3/t10-,11-,15+/m0/s1. The highest BCUT2D eigenvalue weighted by atomic mass is 16.2. The molecule has 0 aliphatic heterocycles. The van der Waals surface area contributed by atoms with Gasteiger partial charge in [0, 0.05) is 0 Å². The molecule has 0 saturated heterocycles. The molecule has 0 spiro atoms. The monoisotopic (exact) mass is 253 g/mol. The van der Waals surface area contributed by atoms with E-state index in [-0.39, 0.29) is 11.3 Å². The molecule has 1 saturated carbocycles. The predicted molar refractivity (Wildman–Crippen MR) is 71.6 cm³/mol. The zero-order chi connectivity index (χ0) is 13.0. The van der Waals surface area contributed by atoms with Crippen LogP contribution in [0.1, 0.15) is 24.6 Å². The molecule has 2 aliphatic rings. The first kappa shape index (κ1) is 10.9. The van der Waals surface area contributed by atoms with Crippen molar-refractivity contribution in [3.05, 3.63) is 36.4 Å². The number of allylic oxidation sites excluding steroid dienone is 2. The average Bonchev–Trinajstić information content (AvgIpc) is 3.11. The Morgan fingerprint density at radius 1 is 1.37 bits per heavy atom. The zero-order valence-electron chi connectivity index (χ0n) is 10.8. The van der Waals surface area contributed by atoms with Crippen LogP contribution < -0.4 is 0 Å². The number of rotatable bonds is 1. The van der Waals surface area contributed by atoms with E-state index in [2.05, 4.69) is 29.4 Å². The maximum absolute atomic E-state index is 12.9. The molecular formula is C15H15N3O. The number of aromatic nitrogens is 3. The summed E-state index contributed by atoms with van der Waals surface area (Å²) in [4.78, 5) is 12.9. The van der Waals surface area contributed by atoms with Gasteiger partial charge in [-0.05, 0) is 36.8 Å². The van der Waals surface area contributed by atoms with Crippen molar-refractivity contribution in [2.75, 3.05) is 0 Å². The molecule has 1 aromatic heterocycles. The second kappa shape index (κ2) is 3.53. The van der Waals surface area contributed by atoms with Gasteiger partial charge in [-0.25, -0.2) is 0 Å². The summed E-state index contributed by atoms with van der Waals surface area (Å²) in [5, 5.41) is 8.14. The van der Waals surface area contributed by atoms with Gasteiger partial charge in [0.25, 0.3) is 5.91 Å². The van der Waals surface area contributed by atoms with Gasteiger partial charge in [0.15, 0.2) is 0 Å². The average molecular weight is 253 g/mol. The quantitative estimate of drug-likeness (QED) is 0.734. The zero-order valence-corrected chi connectivity index (χ0v) is 10.8. The predicted octanol–water partition coefficient (Wildman–Crippen LogP) is 2.67. The molecule has 0 N–H and O–H groups in total. The summed E-state index contributed by atoms with van der Waals surface area (Å²) in [6.07, 6.45) is 6.49. The van der Waals surface area contributed by atoms with Crippen molar-refractivity contribution >= 4 is 16.9 Å². The van der Waals surface area contributed by atoms with Crippen LogP contribution in [-0.4, -0.2) is 20.9 Å². The lowest BCUT2D eigenvalue weighted by molar-refractivity contribution is 0.0664. The number of hydrogen-bond donors (Lipinski definition) is 0. The molecule has 0 unspecified atom stereocenters. The van der Waals surface area contributed by atoms with Crippen molar-refractivity contribution in [3.8, 4) is 0 Å². The fourth-order valence-electron chi connectivity index (χ4n) is 3.60. The maximum atomic E-state index is 12.9. The molecule has 2 aromatic rings. The summed E-state index contributed by atoms with van der Waals surface area (Å²) in [6, 6.07) is 7.61. The van der Waals surface area contributed by atoms with E-state index >= 15 is 0 Å². The molecule has 2 aliphatic carbocycles. The number of carbonyl (C=O) groups is 1. The van der Waals surface area contributed by atoms with Gasteiger partial charge in [-0.15, -0.1) is 5.10 Å². The minimum atomic E-state index is -0.324. The third kappa shape index (κ3) is 1.37. The first-order chi connectivity index (χ1) is 9.18. The van der Waals surface area contributed by atoms with Crippen molar-refractivity contribution in [2.24, 2.45) is 17.3 Å². The molecular weight excluding hydrogens is 238 g/mol. The summed E-state index contributed by atoms with van der Waals surface area (Å²) < 4.78 is 1.49. The lowest BCUT2D eigenvalue weighted by Crippen LogP contribution is -2.36. The molecule has 1 heterocycles. The Balaban J connectivity index is 1.81. The van der Waals surface area contributed by atoms with Crippen LogP contribution in [0.2, 0.25) is 0 Å². The first-order valence-corrected chi connectivity index (χ1v) is 6.72. The van der Waals surface area contributed by atoms with Gasteiger partial charge >= 0.3 is 0 Å². The number of hydrogen-bond acceptors (Lipinski definition) is 3. The van der Waals surface area contributed by atoms with Gasteiger partial charge in [-0.1, -0.05) is 36.4 Å². The summed E-state index contributed by atoms with van der Waals surface area (Å²) >= 11 is 0. The fourth-order valence-corrected chi connectivity index (χ4v) is 3.60. The van der Waals surface area contributed by atoms with E-state index in [1.54, 1.807) is 0 Å². The van der Waals surface area contributed by atoms with Crippen molar-refractivity contribution < 1.29 is 4.79 Å². The maximum Gasteiger partial charge on any atom is 0.255 e. The Labute approximate surface area is 111 Å². The number of fused-ring (bicyclic) bond motifs is 3. The van der Waals surface area contributed by atoms with E-state index in [0.717, 1.165) is 23.9 Å². The van der Waals surface area contributed by atoms with Crippen LogP contribution in [0.25, 0.3) is 11.0 Å². The van der Waals surface area contributed by atoms with Gasteiger partial charge in [0.05, 0.1) is 10.9 Å². The number of carbonyl (C=O) groups excluding carboxylic acids is 1. The molecule has 96 valence electrons. The Bertz CT molecular complexity index is 702. The Morgan fingerprint density at radius 3 is 2.95 bits per heavy atom. The normalized spacial score (nSPS) is 32.3. The van der Waals surface area contributed by atoms with Crippen molar-refractivity contribution in [2.45, 2.75) is 19.8 Å². The highest BCUT2D eigenvalue weighted by Gasteiger charge is 2.51. The Hall–Kier alpha value is -1.97. The van der Waals surface area contributed by atoms with Gasteiger partial charge in [-0.3, -0.25) is 4.79 Å². The van der Waals surface area contributed by atoms with Crippen LogP contribution in [0.3, 0.4) is 0 Å². The lowest BCUT2D eigenvalue weighted by Gasteiger charge is -2.29. The second-order valence-corrected chi connectivity index (χ2v) is 5.90. The van der Waals surface area contributed by atoms with Crippen LogP contribution in [0.4, 0.5) is 0 Å². The highest BCUT2D eigenvalue weighted by Crippen LogP contribution is 2.52. The van der Waals surface area contributed by atoms with E-state index in [4.69, 9.17) is 0 Å². The van der Waals surface area contributed by atoms with Crippen LogP contribution in [0.5, 0.6) is 0 Å². The van der Waals surface area contributed by atoms with Crippen molar-refractivity contribution in [1.82, 2.24) is 15.0 Å². The van der Waals surface area contributed by atoms with Gasteiger partial charge in [-0.2, -0.15) is 4.68 Å². The third-order valence-corrected chi connectivity index (χ3v) is 4.71. The summed E-state index contributed by atoms with van der Waals surface area (Å²) in [5.41, 5.74) is 1.26. The van der Waals surface area contributed by atoms with Crippen LogP contribution in [0, 0.1) is 17.3 Å². The smallest absolute Gasteiger partial charge is 0.255 e. The number of para-hydroxylation sites is 1. The summed E-state index contributed by atoms with van der Waals surface area (Å²) in [6.45, 7) is 2.07. The van der Waals surface area contributed by atoms with Crippen molar-refractivity contribution in [3.63, 3.8) is 0 Å². The van der Waals surface area contributed by atoms with Gasteiger partial charge in [0.1, 0.15) is 5.52 Å². The molecule has 1 fully saturated rings. The molecule has 4 heteroatoms. The minimum absolute atomic E-state index is 0.0815. The van der Waals surface area contributed by atoms with Crippen LogP contribution in [0.15, 0.2) is 36.4 Å².